The monoisotopic (exact) mass is 434 g/mol. The molecule has 0 radical (unpaired) electrons. The first kappa shape index (κ1) is 31.8. The fourth-order valence-corrected chi connectivity index (χ4v) is 3.37. The van der Waals surface area contributed by atoms with Crippen LogP contribution < -0.4 is 11.1 Å². The van der Waals surface area contributed by atoms with E-state index in [1.54, 1.807) is 0 Å². The number of allylic oxidation sites excluding steroid dienone is 2. The normalized spacial score (nSPS) is 11.9. The molecule has 0 aliphatic carbocycles. The molecule has 172 valence electrons. The Hall–Kier alpha value is -0.360. The number of nitrogens with two attached hydrogens (primary N) is 1. The van der Waals surface area contributed by atoms with Gasteiger partial charge in [0.25, 0.3) is 0 Å². The van der Waals surface area contributed by atoms with Crippen molar-refractivity contribution in [2.45, 2.75) is 122 Å². The predicted molar refractivity (Wildman–Crippen MR) is 129 cm³/mol. The number of hydrogen-bond donors (Lipinski definition) is 3. The van der Waals surface area contributed by atoms with Crippen LogP contribution in [0.25, 0.3) is 0 Å². The van der Waals surface area contributed by atoms with Gasteiger partial charge in [0, 0.05) is 6.42 Å². The van der Waals surface area contributed by atoms with E-state index in [-0.39, 0.29) is 35.5 Å². The molecule has 0 aromatic heterocycles. The van der Waals surface area contributed by atoms with Crippen LogP contribution in [0, 0.1) is 0 Å². The van der Waals surface area contributed by atoms with Crippen LogP contribution in [0.2, 0.25) is 0 Å². The van der Waals surface area contributed by atoms with Gasteiger partial charge in [-0.25, -0.2) is 4.79 Å². The van der Waals surface area contributed by atoms with Crippen molar-refractivity contribution in [3.63, 3.8) is 0 Å². The predicted octanol–water partition coefficient (Wildman–Crippen LogP) is 5.07. The van der Waals surface area contributed by atoms with Gasteiger partial charge in [0.15, 0.2) is 0 Å². The fourth-order valence-electron chi connectivity index (χ4n) is 3.37. The van der Waals surface area contributed by atoms with Gasteiger partial charge in [-0.15, -0.1) is 0 Å². The molecule has 0 aromatic rings. The number of aliphatic carboxylic acids is 1. The Morgan fingerprint density at radius 2 is 1.37 bits per heavy atom. The molecule has 5 nitrogen and oxygen atoms in total. The molecule has 0 spiro atoms. The Morgan fingerprint density at radius 3 is 1.90 bits per heavy atom. The average Bonchev–Trinajstić information content (AvgIpc) is 2.70. The zero-order valence-electron chi connectivity index (χ0n) is 18.8. The number of carbonyl (C=O) groups is 2. The summed E-state index contributed by atoms with van der Waals surface area (Å²) in [6.45, 7) is 2.80. The number of amides is 1. The minimum absolute atomic E-state index is 0. The van der Waals surface area contributed by atoms with E-state index in [1.807, 2.05) is 0 Å². The summed E-state index contributed by atoms with van der Waals surface area (Å²) in [5.74, 6) is -1.11. The van der Waals surface area contributed by atoms with E-state index in [2.05, 4.69) is 24.4 Å². The molecule has 0 bridgehead atoms. The minimum atomic E-state index is -0.958. The van der Waals surface area contributed by atoms with Gasteiger partial charge in [0.05, 0.1) is 0 Å². The number of carboxylic acid groups (broad SMARTS) is 1. The van der Waals surface area contributed by atoms with Crippen molar-refractivity contribution in [1.29, 1.82) is 0 Å². The molecule has 6 heteroatoms. The molecule has 0 heterocycles. The number of hydrogen-bond acceptors (Lipinski definition) is 3. The van der Waals surface area contributed by atoms with Gasteiger partial charge >= 0.3 is 35.5 Å². The number of nitrogens with one attached hydrogen (secondary N) is 1. The van der Waals surface area contributed by atoms with Crippen molar-refractivity contribution in [2.75, 3.05) is 6.54 Å². The molecular formula is C24H47N2NaO3. The molecule has 1 atom stereocenters. The molecule has 0 unspecified atom stereocenters. The van der Waals surface area contributed by atoms with Crippen molar-refractivity contribution in [2.24, 2.45) is 5.73 Å². The summed E-state index contributed by atoms with van der Waals surface area (Å²) in [6.07, 6.45) is 22.9. The third kappa shape index (κ3) is 22.3. The number of unbranched alkanes of at least 4 members (excludes halogenated alkanes) is 12. The third-order valence-corrected chi connectivity index (χ3v) is 5.25. The van der Waals surface area contributed by atoms with Gasteiger partial charge < -0.3 is 16.2 Å². The second-order valence-electron chi connectivity index (χ2n) is 8.08. The molecule has 0 aliphatic rings. The van der Waals surface area contributed by atoms with Gasteiger partial charge in [0.2, 0.25) is 5.91 Å². The summed E-state index contributed by atoms with van der Waals surface area (Å²) >= 11 is 0. The van der Waals surface area contributed by atoms with Crippen molar-refractivity contribution in [3.8, 4) is 0 Å². The fraction of sp³-hybridized carbons (Fsp3) is 0.833. The first-order valence-electron chi connectivity index (χ1n) is 12.0. The van der Waals surface area contributed by atoms with Crippen LogP contribution in [-0.4, -0.2) is 59.1 Å². The van der Waals surface area contributed by atoms with Crippen LogP contribution in [0.4, 0.5) is 0 Å². The van der Waals surface area contributed by atoms with Crippen molar-refractivity contribution >= 4 is 41.4 Å². The zero-order chi connectivity index (χ0) is 21.6. The van der Waals surface area contributed by atoms with Crippen LogP contribution in [0.5, 0.6) is 0 Å². The van der Waals surface area contributed by atoms with E-state index in [0.29, 0.717) is 19.4 Å². The summed E-state index contributed by atoms with van der Waals surface area (Å²) in [5.41, 5.74) is 5.42. The molecule has 0 saturated carbocycles. The quantitative estimate of drug-likeness (QED) is 0.133. The van der Waals surface area contributed by atoms with E-state index in [4.69, 9.17) is 5.73 Å². The second kappa shape index (κ2) is 24.9. The maximum absolute atomic E-state index is 11.9. The van der Waals surface area contributed by atoms with Gasteiger partial charge in [-0.3, -0.25) is 4.79 Å². The summed E-state index contributed by atoms with van der Waals surface area (Å²) in [7, 11) is 0. The van der Waals surface area contributed by atoms with Crippen LogP contribution in [0.15, 0.2) is 12.2 Å². The molecule has 1 amide bonds. The number of carboxylic acids is 1. The summed E-state index contributed by atoms with van der Waals surface area (Å²) < 4.78 is 0. The van der Waals surface area contributed by atoms with Crippen molar-refractivity contribution < 1.29 is 14.7 Å². The molecule has 0 rings (SSSR count). The zero-order valence-corrected chi connectivity index (χ0v) is 18.8. The van der Waals surface area contributed by atoms with Crippen LogP contribution in [-0.2, 0) is 9.59 Å². The van der Waals surface area contributed by atoms with Crippen molar-refractivity contribution in [3.05, 3.63) is 12.2 Å². The Balaban J connectivity index is 0. The first-order chi connectivity index (χ1) is 14.1. The maximum atomic E-state index is 11.9. The Morgan fingerprint density at radius 1 is 0.833 bits per heavy atom. The van der Waals surface area contributed by atoms with E-state index in [9.17, 15) is 14.7 Å². The Bertz CT molecular complexity index is 431. The second-order valence-corrected chi connectivity index (χ2v) is 8.08. The number of rotatable bonds is 21. The van der Waals surface area contributed by atoms with Gasteiger partial charge in [-0.05, 0) is 57.9 Å². The molecule has 0 aliphatic heterocycles. The number of carbonyl (C=O) groups excluding carboxylic acids is 1. The molecule has 0 fully saturated rings. The van der Waals surface area contributed by atoms with E-state index in [0.717, 1.165) is 38.5 Å². The van der Waals surface area contributed by atoms with E-state index in [1.165, 1.54) is 57.8 Å². The Kier molecular flexibility index (Phi) is 26.4. The molecule has 4 N–H and O–H groups in total. The SMILES string of the molecule is CCCCCCCC/C=C\CCCCCCCC(=O)N[C@@H](CCCCN)C(=O)O.[NaH]. The van der Waals surface area contributed by atoms with Crippen LogP contribution >= 0.6 is 0 Å². The Labute approximate surface area is 207 Å². The molecule has 0 aromatic carbocycles. The third-order valence-electron chi connectivity index (χ3n) is 5.25. The van der Waals surface area contributed by atoms with Gasteiger partial charge in [0.1, 0.15) is 6.04 Å². The van der Waals surface area contributed by atoms with Gasteiger partial charge in [-0.1, -0.05) is 70.4 Å². The van der Waals surface area contributed by atoms with E-state index >= 15 is 0 Å². The molecule has 30 heavy (non-hydrogen) atoms. The van der Waals surface area contributed by atoms with Gasteiger partial charge in [-0.2, -0.15) is 0 Å². The van der Waals surface area contributed by atoms with Crippen molar-refractivity contribution in [1.82, 2.24) is 5.32 Å². The summed E-state index contributed by atoms with van der Waals surface area (Å²) in [5, 5.41) is 11.8. The van der Waals surface area contributed by atoms with E-state index < -0.39 is 12.0 Å². The van der Waals surface area contributed by atoms with Crippen LogP contribution in [0.3, 0.4) is 0 Å². The average molecular weight is 435 g/mol. The molecular weight excluding hydrogens is 387 g/mol. The van der Waals surface area contributed by atoms with Crippen LogP contribution in [0.1, 0.15) is 116 Å². The molecule has 0 saturated heterocycles. The standard InChI is InChI=1S/C24H46N2O3.Na.H/c1-2-3-4-5-6-7-8-9-10-11-12-13-14-15-16-20-23(27)26-22(24(28)29)19-17-18-21-25;;/h9-10,22H,2-8,11-21,25H2,1H3,(H,26,27)(H,28,29);;/b10-9-;;/t22-;;/m0../s1. The topological polar surface area (TPSA) is 92.4 Å². The first-order valence-corrected chi connectivity index (χ1v) is 12.0. The summed E-state index contributed by atoms with van der Waals surface area (Å²) in [6, 6.07) is -0.780. The summed E-state index contributed by atoms with van der Waals surface area (Å²) in [4.78, 5) is 23.1.